The quantitative estimate of drug-likeness (QED) is 0.765. The zero-order valence-corrected chi connectivity index (χ0v) is 11.0. The van der Waals surface area contributed by atoms with E-state index >= 15 is 0 Å². The van der Waals surface area contributed by atoms with Crippen molar-refractivity contribution in [1.29, 1.82) is 0 Å². The summed E-state index contributed by atoms with van der Waals surface area (Å²) in [4.78, 5) is 11.6. The smallest absolute Gasteiger partial charge is 0.238 e. The third kappa shape index (κ3) is 4.56. The number of rotatable bonds is 6. The first-order chi connectivity index (χ1) is 9.24. The molecule has 5 nitrogen and oxygen atoms in total. The normalized spacial score (nSPS) is 10.4. The van der Waals surface area contributed by atoms with Gasteiger partial charge in [0.1, 0.15) is 0 Å². The fourth-order valence-corrected chi connectivity index (χ4v) is 1.76. The van der Waals surface area contributed by atoms with Gasteiger partial charge in [-0.15, -0.1) is 0 Å². The van der Waals surface area contributed by atoms with Gasteiger partial charge in [-0.25, -0.2) is 0 Å². The Bertz CT molecular complexity index is 521. The van der Waals surface area contributed by atoms with Crippen molar-refractivity contribution in [3.05, 3.63) is 48.3 Å². The van der Waals surface area contributed by atoms with Gasteiger partial charge < -0.3 is 10.6 Å². The average Bonchev–Trinajstić information content (AvgIpc) is 2.82. The third-order valence-electron chi connectivity index (χ3n) is 2.69. The fourth-order valence-electron chi connectivity index (χ4n) is 1.76. The van der Waals surface area contributed by atoms with Crippen LogP contribution in [0.3, 0.4) is 0 Å². The number of anilines is 1. The fraction of sp³-hybridized carbons (Fsp3) is 0.286. The topological polar surface area (TPSA) is 59.0 Å². The van der Waals surface area contributed by atoms with Crippen LogP contribution in [-0.4, -0.2) is 28.8 Å². The molecule has 0 spiro atoms. The Balaban J connectivity index is 1.64. The molecule has 0 fully saturated rings. The molecule has 2 aromatic rings. The lowest BCUT2D eigenvalue weighted by molar-refractivity contribution is -0.115. The van der Waals surface area contributed by atoms with Crippen molar-refractivity contribution >= 4 is 11.6 Å². The van der Waals surface area contributed by atoms with Crippen molar-refractivity contribution in [3.63, 3.8) is 0 Å². The summed E-state index contributed by atoms with van der Waals surface area (Å²) in [7, 11) is 1.89. The Morgan fingerprint density at radius 3 is 2.79 bits per heavy atom. The van der Waals surface area contributed by atoms with E-state index in [9.17, 15) is 4.79 Å². The van der Waals surface area contributed by atoms with Crippen LogP contribution in [0, 0.1) is 0 Å². The number of nitrogens with one attached hydrogen (secondary N) is 2. The number of nitrogens with zero attached hydrogens (tertiary/aromatic N) is 2. The number of benzene rings is 1. The lowest BCUT2D eigenvalue weighted by Gasteiger charge is -2.06. The molecule has 19 heavy (non-hydrogen) atoms. The molecule has 1 heterocycles. The summed E-state index contributed by atoms with van der Waals surface area (Å²) in [5, 5.41) is 10.0. The highest BCUT2D eigenvalue weighted by Crippen LogP contribution is 2.03. The number of aromatic nitrogens is 2. The van der Waals surface area contributed by atoms with E-state index in [2.05, 4.69) is 15.7 Å². The van der Waals surface area contributed by atoms with E-state index in [0.29, 0.717) is 6.54 Å². The summed E-state index contributed by atoms with van der Waals surface area (Å²) in [6.45, 7) is 1.07. The van der Waals surface area contributed by atoms with E-state index in [0.717, 1.165) is 18.7 Å². The van der Waals surface area contributed by atoms with Gasteiger partial charge in [0.25, 0.3) is 0 Å². The zero-order valence-electron chi connectivity index (χ0n) is 11.0. The highest BCUT2D eigenvalue weighted by atomic mass is 16.1. The first kappa shape index (κ1) is 13.3. The number of amides is 1. The Kier molecular flexibility index (Phi) is 4.69. The predicted molar refractivity (Wildman–Crippen MR) is 74.9 cm³/mol. The van der Waals surface area contributed by atoms with Crippen LogP contribution in [0.2, 0.25) is 0 Å². The average molecular weight is 258 g/mol. The molecule has 0 saturated heterocycles. The summed E-state index contributed by atoms with van der Waals surface area (Å²) in [5.74, 6) is -0.0302. The second kappa shape index (κ2) is 6.70. The second-order valence-corrected chi connectivity index (χ2v) is 4.36. The number of hydrogen-bond donors (Lipinski definition) is 2. The molecule has 2 N–H and O–H groups in total. The molecular formula is C14H18N4O. The molecule has 0 radical (unpaired) electrons. The summed E-state index contributed by atoms with van der Waals surface area (Å²) in [6, 6.07) is 9.44. The number of aryl methyl sites for hydroxylation is 1. The van der Waals surface area contributed by atoms with E-state index in [1.807, 2.05) is 49.8 Å². The Morgan fingerprint density at radius 1 is 1.32 bits per heavy atom. The van der Waals surface area contributed by atoms with Crippen LogP contribution < -0.4 is 10.6 Å². The van der Waals surface area contributed by atoms with Gasteiger partial charge >= 0.3 is 0 Å². The number of carbonyl (C=O) groups is 1. The van der Waals surface area contributed by atoms with E-state index in [1.54, 1.807) is 4.68 Å². The maximum atomic E-state index is 11.6. The molecule has 0 saturated carbocycles. The number of para-hydroxylation sites is 1. The van der Waals surface area contributed by atoms with Crippen molar-refractivity contribution in [2.75, 3.05) is 18.4 Å². The largest absolute Gasteiger partial charge is 0.325 e. The molecule has 0 atom stereocenters. The molecule has 0 unspecified atom stereocenters. The first-order valence-corrected chi connectivity index (χ1v) is 6.27. The van der Waals surface area contributed by atoms with Gasteiger partial charge in [0.05, 0.1) is 12.7 Å². The zero-order chi connectivity index (χ0) is 13.5. The molecule has 0 aliphatic rings. The van der Waals surface area contributed by atoms with Gasteiger partial charge in [0.2, 0.25) is 5.91 Å². The summed E-state index contributed by atoms with van der Waals surface area (Å²) >= 11 is 0. The minimum atomic E-state index is -0.0302. The first-order valence-electron chi connectivity index (χ1n) is 6.27. The third-order valence-corrected chi connectivity index (χ3v) is 2.69. The van der Waals surface area contributed by atoms with Crippen LogP contribution in [0.1, 0.15) is 5.56 Å². The Labute approximate surface area is 112 Å². The monoisotopic (exact) mass is 258 g/mol. The van der Waals surface area contributed by atoms with Crippen molar-refractivity contribution in [1.82, 2.24) is 15.1 Å². The number of hydrogen-bond acceptors (Lipinski definition) is 3. The molecule has 100 valence electrons. The summed E-state index contributed by atoms with van der Waals surface area (Å²) in [6.07, 6.45) is 4.68. The van der Waals surface area contributed by atoms with Crippen molar-refractivity contribution in [2.45, 2.75) is 6.42 Å². The SMILES string of the molecule is Cn1cc(CCNCC(=O)Nc2ccccc2)cn1. The Hall–Kier alpha value is -2.14. The van der Waals surface area contributed by atoms with Gasteiger partial charge in [-0.1, -0.05) is 18.2 Å². The van der Waals surface area contributed by atoms with E-state index in [1.165, 1.54) is 5.56 Å². The van der Waals surface area contributed by atoms with Gasteiger partial charge in [-0.3, -0.25) is 9.48 Å². The highest BCUT2D eigenvalue weighted by molar-refractivity contribution is 5.92. The molecular weight excluding hydrogens is 240 g/mol. The van der Waals surface area contributed by atoms with E-state index < -0.39 is 0 Å². The second-order valence-electron chi connectivity index (χ2n) is 4.36. The molecule has 0 aliphatic carbocycles. The standard InChI is InChI=1S/C14H18N4O/c1-18-11-12(9-16-18)7-8-15-10-14(19)17-13-5-3-2-4-6-13/h2-6,9,11,15H,7-8,10H2,1H3,(H,17,19). The van der Waals surface area contributed by atoms with Crippen molar-refractivity contribution in [3.8, 4) is 0 Å². The lowest BCUT2D eigenvalue weighted by atomic mass is 10.2. The molecule has 0 aliphatic heterocycles. The molecule has 1 amide bonds. The van der Waals surface area contributed by atoms with Gasteiger partial charge in [-0.05, 0) is 30.7 Å². The highest BCUT2D eigenvalue weighted by Gasteiger charge is 2.01. The van der Waals surface area contributed by atoms with Crippen molar-refractivity contribution < 1.29 is 4.79 Å². The number of carbonyl (C=O) groups excluding carboxylic acids is 1. The molecule has 1 aromatic heterocycles. The van der Waals surface area contributed by atoms with Gasteiger partial charge in [-0.2, -0.15) is 5.10 Å². The molecule has 1 aromatic carbocycles. The van der Waals surface area contributed by atoms with Crippen LogP contribution in [0.5, 0.6) is 0 Å². The molecule has 2 rings (SSSR count). The Morgan fingerprint density at radius 2 is 2.11 bits per heavy atom. The minimum Gasteiger partial charge on any atom is -0.325 e. The maximum absolute atomic E-state index is 11.6. The summed E-state index contributed by atoms with van der Waals surface area (Å²) < 4.78 is 1.78. The van der Waals surface area contributed by atoms with Crippen LogP contribution in [0.15, 0.2) is 42.7 Å². The van der Waals surface area contributed by atoms with Crippen LogP contribution in [-0.2, 0) is 18.3 Å². The van der Waals surface area contributed by atoms with Crippen LogP contribution in [0.25, 0.3) is 0 Å². The lowest BCUT2D eigenvalue weighted by Crippen LogP contribution is -2.29. The van der Waals surface area contributed by atoms with Gasteiger partial charge in [0, 0.05) is 18.9 Å². The van der Waals surface area contributed by atoms with Crippen LogP contribution in [0.4, 0.5) is 5.69 Å². The van der Waals surface area contributed by atoms with Gasteiger partial charge in [0.15, 0.2) is 0 Å². The van der Waals surface area contributed by atoms with Crippen molar-refractivity contribution in [2.24, 2.45) is 7.05 Å². The maximum Gasteiger partial charge on any atom is 0.238 e. The molecule has 5 heteroatoms. The van der Waals surface area contributed by atoms with Crippen LogP contribution >= 0.6 is 0 Å². The molecule has 0 bridgehead atoms. The van der Waals surface area contributed by atoms with E-state index in [-0.39, 0.29) is 5.91 Å². The summed E-state index contributed by atoms with van der Waals surface area (Å²) in [5.41, 5.74) is 1.99. The minimum absolute atomic E-state index is 0.0302. The van der Waals surface area contributed by atoms with E-state index in [4.69, 9.17) is 0 Å². The predicted octanol–water partition coefficient (Wildman–Crippen LogP) is 1.19.